The Labute approximate surface area is 125 Å². The van der Waals surface area contributed by atoms with Gasteiger partial charge >= 0.3 is 0 Å². The van der Waals surface area contributed by atoms with Crippen molar-refractivity contribution in [1.82, 2.24) is 0 Å². The normalized spacial score (nSPS) is 19.8. The van der Waals surface area contributed by atoms with Crippen molar-refractivity contribution in [3.05, 3.63) is 53.6 Å². The Balaban J connectivity index is 1.54. The van der Waals surface area contributed by atoms with E-state index in [4.69, 9.17) is 10.5 Å². The summed E-state index contributed by atoms with van der Waals surface area (Å²) in [7, 11) is 0. The maximum absolute atomic E-state index is 6.12. The van der Waals surface area contributed by atoms with Gasteiger partial charge in [0.1, 0.15) is 11.9 Å². The van der Waals surface area contributed by atoms with Gasteiger partial charge in [0.2, 0.25) is 0 Å². The van der Waals surface area contributed by atoms with Crippen LogP contribution in [0.25, 0.3) is 0 Å². The quantitative estimate of drug-likeness (QED) is 0.859. The number of nitrogen functional groups attached to an aromatic ring is 1. The number of ether oxygens (including phenoxy) is 1. The number of hydrogen-bond donors (Lipinski definition) is 1. The van der Waals surface area contributed by atoms with Crippen LogP contribution in [0.2, 0.25) is 0 Å². The van der Waals surface area contributed by atoms with Gasteiger partial charge < -0.3 is 15.4 Å². The number of hydrogen-bond acceptors (Lipinski definition) is 3. The van der Waals surface area contributed by atoms with Gasteiger partial charge in [0, 0.05) is 24.3 Å². The van der Waals surface area contributed by atoms with E-state index in [0.29, 0.717) is 0 Å². The minimum absolute atomic E-state index is 0.245. The first-order chi connectivity index (χ1) is 10.3. The lowest BCUT2D eigenvalue weighted by Crippen LogP contribution is -2.38. The molecule has 0 spiro atoms. The molecule has 2 aliphatic heterocycles. The first-order valence-electron chi connectivity index (χ1n) is 7.68. The molecule has 2 N–H and O–H groups in total. The van der Waals surface area contributed by atoms with Crippen LogP contribution < -0.4 is 15.4 Å². The van der Waals surface area contributed by atoms with Crippen molar-refractivity contribution in [1.29, 1.82) is 0 Å². The van der Waals surface area contributed by atoms with Crippen LogP contribution in [-0.2, 0) is 12.8 Å². The molecule has 21 heavy (non-hydrogen) atoms. The molecule has 1 unspecified atom stereocenters. The van der Waals surface area contributed by atoms with E-state index in [1.165, 1.54) is 23.2 Å². The average Bonchev–Trinajstić information content (AvgIpc) is 2.90. The maximum Gasteiger partial charge on any atom is 0.123 e. The van der Waals surface area contributed by atoms with Crippen LogP contribution in [0.5, 0.6) is 5.75 Å². The molecule has 4 rings (SSSR count). The lowest BCUT2D eigenvalue weighted by Gasteiger charge is -2.33. The summed E-state index contributed by atoms with van der Waals surface area (Å²) in [5.74, 6) is 1.05. The summed E-state index contributed by atoms with van der Waals surface area (Å²) >= 11 is 0. The van der Waals surface area contributed by atoms with Gasteiger partial charge in [0.05, 0.1) is 6.54 Å². The van der Waals surface area contributed by atoms with Gasteiger partial charge in [-0.15, -0.1) is 0 Å². The zero-order valence-electron chi connectivity index (χ0n) is 12.1. The molecule has 0 amide bonds. The van der Waals surface area contributed by atoms with Gasteiger partial charge in [0.15, 0.2) is 0 Å². The fourth-order valence-electron chi connectivity index (χ4n) is 3.52. The highest BCUT2D eigenvalue weighted by Crippen LogP contribution is 2.33. The summed E-state index contributed by atoms with van der Waals surface area (Å²) in [5.41, 5.74) is 11.0. The second kappa shape index (κ2) is 4.99. The highest BCUT2D eigenvalue weighted by molar-refractivity contribution is 5.66. The van der Waals surface area contributed by atoms with E-state index in [-0.39, 0.29) is 6.10 Å². The van der Waals surface area contributed by atoms with Gasteiger partial charge in [-0.25, -0.2) is 0 Å². The van der Waals surface area contributed by atoms with Crippen LogP contribution in [0.1, 0.15) is 17.5 Å². The predicted molar refractivity (Wildman–Crippen MR) is 86.0 cm³/mol. The number of fused-ring (bicyclic) bond motifs is 2. The smallest absolute Gasteiger partial charge is 0.123 e. The van der Waals surface area contributed by atoms with E-state index >= 15 is 0 Å². The number of nitrogens with zero attached hydrogens (tertiary/aromatic N) is 1. The Kier molecular flexibility index (Phi) is 2.99. The molecule has 0 fully saturated rings. The molecular weight excluding hydrogens is 260 g/mol. The molecule has 108 valence electrons. The van der Waals surface area contributed by atoms with Crippen molar-refractivity contribution in [3.63, 3.8) is 0 Å². The molecule has 0 aromatic heterocycles. The lowest BCUT2D eigenvalue weighted by molar-refractivity contribution is 0.236. The minimum atomic E-state index is 0.245. The Hall–Kier alpha value is -2.16. The monoisotopic (exact) mass is 280 g/mol. The van der Waals surface area contributed by atoms with Gasteiger partial charge in [-0.3, -0.25) is 0 Å². The van der Waals surface area contributed by atoms with Crippen LogP contribution in [-0.4, -0.2) is 19.2 Å². The molecule has 0 saturated carbocycles. The molecule has 2 heterocycles. The van der Waals surface area contributed by atoms with Crippen molar-refractivity contribution >= 4 is 11.4 Å². The van der Waals surface area contributed by atoms with E-state index in [0.717, 1.165) is 37.4 Å². The fourth-order valence-corrected chi connectivity index (χ4v) is 3.52. The van der Waals surface area contributed by atoms with Crippen molar-refractivity contribution in [2.24, 2.45) is 0 Å². The second-order valence-electron chi connectivity index (χ2n) is 5.95. The molecule has 1 atom stereocenters. The van der Waals surface area contributed by atoms with Crippen LogP contribution in [0, 0.1) is 0 Å². The van der Waals surface area contributed by atoms with Crippen LogP contribution in [0.4, 0.5) is 11.4 Å². The molecule has 2 aromatic carbocycles. The molecule has 2 aliphatic rings. The molecular formula is C18H20N2O. The molecule has 2 aromatic rings. The third kappa shape index (κ3) is 2.23. The zero-order valence-corrected chi connectivity index (χ0v) is 12.1. The minimum Gasteiger partial charge on any atom is -0.488 e. The number of rotatable bonds is 2. The Morgan fingerprint density at radius 3 is 2.95 bits per heavy atom. The molecule has 0 bridgehead atoms. The molecule has 3 heteroatoms. The maximum atomic E-state index is 6.12. The van der Waals surface area contributed by atoms with E-state index in [1.807, 2.05) is 12.1 Å². The van der Waals surface area contributed by atoms with Gasteiger partial charge in [-0.05, 0) is 42.2 Å². The Bertz CT molecular complexity index is 643. The summed E-state index contributed by atoms with van der Waals surface area (Å²) < 4.78 is 6.08. The Morgan fingerprint density at radius 2 is 2.05 bits per heavy atom. The molecule has 0 aliphatic carbocycles. The zero-order chi connectivity index (χ0) is 14.2. The summed E-state index contributed by atoms with van der Waals surface area (Å²) in [6, 6.07) is 14.6. The highest BCUT2D eigenvalue weighted by atomic mass is 16.5. The molecule has 3 nitrogen and oxygen atoms in total. The summed E-state index contributed by atoms with van der Waals surface area (Å²) in [6.07, 6.45) is 3.50. The van der Waals surface area contributed by atoms with Crippen molar-refractivity contribution < 1.29 is 4.74 Å². The van der Waals surface area contributed by atoms with E-state index in [9.17, 15) is 0 Å². The molecule has 0 radical (unpaired) electrons. The van der Waals surface area contributed by atoms with E-state index in [1.54, 1.807) is 0 Å². The average molecular weight is 280 g/mol. The standard InChI is InChI=1S/C18H20N2O/c19-16-7-3-8-17-15(16)6-4-10-20(17)12-14-11-13-5-1-2-9-18(13)21-14/h1-3,5,7-9,14H,4,6,10-12,19H2. The highest BCUT2D eigenvalue weighted by Gasteiger charge is 2.27. The topological polar surface area (TPSA) is 38.5 Å². The summed E-state index contributed by atoms with van der Waals surface area (Å²) in [6.45, 7) is 2.03. The number of benzene rings is 2. The first kappa shape index (κ1) is 12.6. The first-order valence-corrected chi connectivity index (χ1v) is 7.68. The van der Waals surface area contributed by atoms with Crippen molar-refractivity contribution in [3.8, 4) is 5.75 Å². The van der Waals surface area contributed by atoms with Crippen LogP contribution >= 0.6 is 0 Å². The SMILES string of the molecule is Nc1cccc2c1CCCN2CC1Cc2ccccc2O1. The third-order valence-corrected chi connectivity index (χ3v) is 4.52. The number of nitrogens with two attached hydrogens (primary N) is 1. The van der Waals surface area contributed by atoms with Crippen LogP contribution in [0.15, 0.2) is 42.5 Å². The van der Waals surface area contributed by atoms with Gasteiger partial charge in [0.25, 0.3) is 0 Å². The number of anilines is 2. The second-order valence-corrected chi connectivity index (χ2v) is 5.95. The summed E-state index contributed by atoms with van der Waals surface area (Å²) in [5, 5.41) is 0. The largest absolute Gasteiger partial charge is 0.488 e. The lowest BCUT2D eigenvalue weighted by atomic mass is 9.99. The van der Waals surface area contributed by atoms with E-state index in [2.05, 4.69) is 35.2 Å². The van der Waals surface area contributed by atoms with E-state index < -0.39 is 0 Å². The Morgan fingerprint density at radius 1 is 1.14 bits per heavy atom. The van der Waals surface area contributed by atoms with Crippen molar-refractivity contribution in [2.75, 3.05) is 23.7 Å². The fraction of sp³-hybridized carbons (Fsp3) is 0.333. The summed E-state index contributed by atoms with van der Waals surface area (Å²) in [4.78, 5) is 2.44. The van der Waals surface area contributed by atoms with Gasteiger partial charge in [-0.1, -0.05) is 24.3 Å². The third-order valence-electron chi connectivity index (χ3n) is 4.52. The predicted octanol–water partition coefficient (Wildman–Crippen LogP) is 3.03. The van der Waals surface area contributed by atoms with Crippen molar-refractivity contribution in [2.45, 2.75) is 25.4 Å². The molecule has 0 saturated heterocycles. The number of para-hydroxylation sites is 1. The van der Waals surface area contributed by atoms with Gasteiger partial charge in [-0.2, -0.15) is 0 Å². The van der Waals surface area contributed by atoms with Crippen LogP contribution in [0.3, 0.4) is 0 Å².